The van der Waals surface area contributed by atoms with E-state index in [1.165, 1.54) is 12.0 Å². The summed E-state index contributed by atoms with van der Waals surface area (Å²) in [7, 11) is 0. The molecule has 0 aromatic heterocycles. The van der Waals surface area contributed by atoms with E-state index in [0.29, 0.717) is 35.6 Å². The number of ketones is 1. The van der Waals surface area contributed by atoms with E-state index >= 15 is 0 Å². The number of fused-ring (bicyclic) bond motifs is 5. The summed E-state index contributed by atoms with van der Waals surface area (Å²) >= 11 is 6.47. The molecular weight excluding hydrogens is 348 g/mol. The Hall–Kier alpha value is -0.830. The van der Waals surface area contributed by atoms with E-state index in [2.05, 4.69) is 13.8 Å². The molecule has 0 aromatic rings. The fraction of sp³-hybridized carbons (Fsp3) is 0.818. The third-order valence-corrected chi connectivity index (χ3v) is 8.97. The minimum absolute atomic E-state index is 0.0580. The molecule has 4 heteroatoms. The van der Waals surface area contributed by atoms with Crippen LogP contribution >= 0.6 is 11.6 Å². The summed E-state index contributed by atoms with van der Waals surface area (Å²) < 4.78 is 5.86. The molecule has 0 bridgehead atoms. The highest BCUT2D eigenvalue weighted by Crippen LogP contribution is 2.66. The number of halogens is 1. The maximum atomic E-state index is 12.1. The van der Waals surface area contributed by atoms with Crippen molar-refractivity contribution < 1.29 is 14.3 Å². The van der Waals surface area contributed by atoms with Crippen molar-refractivity contribution in [3.05, 3.63) is 10.6 Å². The van der Waals surface area contributed by atoms with Gasteiger partial charge in [0.15, 0.2) is 5.78 Å². The molecule has 6 atom stereocenters. The van der Waals surface area contributed by atoms with E-state index in [1.54, 1.807) is 0 Å². The lowest BCUT2D eigenvalue weighted by Crippen LogP contribution is -2.52. The summed E-state index contributed by atoms with van der Waals surface area (Å²) in [6.45, 7) is 6.59. The van der Waals surface area contributed by atoms with Gasteiger partial charge in [-0.1, -0.05) is 32.4 Å². The Morgan fingerprint density at radius 1 is 1.12 bits per heavy atom. The summed E-state index contributed by atoms with van der Waals surface area (Å²) in [5.74, 6) is 2.01. The molecule has 0 saturated heterocycles. The van der Waals surface area contributed by atoms with Crippen molar-refractivity contribution >= 4 is 23.4 Å². The SMILES string of the molecule is CCC(=O)O[C@H]1CC[C@H]2[C@@H]3CCC4=C(Cl)C(=O)CC[C@]4(C)[C@H]3CC[C@]12C. The molecule has 0 spiro atoms. The molecular formula is C22H31ClO3. The Bertz CT molecular complexity index is 668. The van der Waals surface area contributed by atoms with Crippen LogP contribution in [-0.4, -0.2) is 17.9 Å². The van der Waals surface area contributed by atoms with Gasteiger partial charge in [0.25, 0.3) is 0 Å². The van der Waals surface area contributed by atoms with Gasteiger partial charge >= 0.3 is 5.97 Å². The molecule has 3 fully saturated rings. The minimum Gasteiger partial charge on any atom is -0.462 e. The lowest BCUT2D eigenvalue weighted by molar-refractivity contribution is -0.159. The fourth-order valence-electron chi connectivity index (χ4n) is 7.04. The second-order valence-corrected chi connectivity index (χ2v) is 9.88. The molecule has 26 heavy (non-hydrogen) atoms. The average Bonchev–Trinajstić information content (AvgIpc) is 2.95. The summed E-state index contributed by atoms with van der Waals surface area (Å²) in [6, 6.07) is 0. The van der Waals surface area contributed by atoms with E-state index in [9.17, 15) is 9.59 Å². The quantitative estimate of drug-likeness (QED) is 0.603. The van der Waals surface area contributed by atoms with Gasteiger partial charge in [0, 0.05) is 18.3 Å². The van der Waals surface area contributed by atoms with Crippen LogP contribution in [0.15, 0.2) is 10.6 Å². The third-order valence-electron chi connectivity index (χ3n) is 8.53. The number of carbonyl (C=O) groups is 2. The number of rotatable bonds is 2. The summed E-state index contributed by atoms with van der Waals surface area (Å²) in [4.78, 5) is 24.0. The van der Waals surface area contributed by atoms with Crippen LogP contribution in [0, 0.1) is 28.6 Å². The molecule has 0 N–H and O–H groups in total. The van der Waals surface area contributed by atoms with Crippen LogP contribution in [0.4, 0.5) is 0 Å². The van der Waals surface area contributed by atoms with Crippen molar-refractivity contribution in [3.8, 4) is 0 Å². The topological polar surface area (TPSA) is 43.4 Å². The van der Waals surface area contributed by atoms with Gasteiger partial charge in [0.2, 0.25) is 0 Å². The second-order valence-electron chi connectivity index (χ2n) is 9.50. The van der Waals surface area contributed by atoms with E-state index in [4.69, 9.17) is 16.3 Å². The number of Topliss-reactive ketones (excluding diaryl/α,β-unsaturated/α-hetero) is 1. The Labute approximate surface area is 161 Å². The van der Waals surface area contributed by atoms with Crippen molar-refractivity contribution in [2.75, 3.05) is 0 Å². The van der Waals surface area contributed by atoms with Crippen LogP contribution in [0.1, 0.15) is 78.6 Å². The van der Waals surface area contributed by atoms with Gasteiger partial charge in [-0.25, -0.2) is 0 Å². The van der Waals surface area contributed by atoms with Crippen molar-refractivity contribution in [2.45, 2.75) is 84.7 Å². The van der Waals surface area contributed by atoms with Gasteiger partial charge in [0.1, 0.15) is 6.10 Å². The van der Waals surface area contributed by atoms with Crippen molar-refractivity contribution in [2.24, 2.45) is 28.6 Å². The molecule has 0 heterocycles. The summed E-state index contributed by atoms with van der Waals surface area (Å²) in [5.41, 5.74) is 1.46. The van der Waals surface area contributed by atoms with Gasteiger partial charge in [-0.3, -0.25) is 9.59 Å². The smallest absolute Gasteiger partial charge is 0.305 e. The number of allylic oxidation sites excluding steroid dienone is 1. The van der Waals surface area contributed by atoms with Gasteiger partial charge in [0.05, 0.1) is 5.03 Å². The van der Waals surface area contributed by atoms with Crippen LogP contribution in [0.25, 0.3) is 0 Å². The lowest BCUT2D eigenvalue weighted by Gasteiger charge is -2.58. The zero-order chi connectivity index (χ0) is 18.7. The predicted octanol–water partition coefficient (Wildman–Crippen LogP) is 5.41. The van der Waals surface area contributed by atoms with Gasteiger partial charge in [-0.15, -0.1) is 0 Å². The third kappa shape index (κ3) is 2.52. The van der Waals surface area contributed by atoms with Gasteiger partial charge < -0.3 is 4.74 Å². The first-order valence-corrected chi connectivity index (χ1v) is 10.8. The highest BCUT2D eigenvalue weighted by Gasteiger charge is 2.60. The maximum absolute atomic E-state index is 12.1. The predicted molar refractivity (Wildman–Crippen MR) is 102 cm³/mol. The zero-order valence-electron chi connectivity index (χ0n) is 16.3. The molecule has 144 valence electrons. The van der Waals surface area contributed by atoms with Crippen molar-refractivity contribution in [3.63, 3.8) is 0 Å². The lowest BCUT2D eigenvalue weighted by atomic mass is 9.47. The number of carbonyl (C=O) groups excluding carboxylic acids is 2. The van der Waals surface area contributed by atoms with E-state index in [1.807, 2.05) is 6.92 Å². The highest BCUT2D eigenvalue weighted by molar-refractivity contribution is 6.43. The van der Waals surface area contributed by atoms with Crippen molar-refractivity contribution in [1.29, 1.82) is 0 Å². The minimum atomic E-state index is -0.0580. The van der Waals surface area contributed by atoms with Crippen LogP contribution in [0.2, 0.25) is 0 Å². The Morgan fingerprint density at radius 2 is 1.88 bits per heavy atom. The number of esters is 1. The van der Waals surface area contributed by atoms with E-state index < -0.39 is 0 Å². The molecule has 0 aromatic carbocycles. The van der Waals surface area contributed by atoms with E-state index in [0.717, 1.165) is 38.5 Å². The average molecular weight is 379 g/mol. The highest BCUT2D eigenvalue weighted by atomic mass is 35.5. The standard InChI is InChI=1S/C22H31ClO3/c1-4-19(25)26-18-8-7-14-13-5-6-16-20(23)17(24)10-12-21(16,2)15(13)9-11-22(14,18)3/h13-15,18H,4-12H2,1-3H3/t13-,14-,15-,18-,21+,22-/m0/s1. The Balaban J connectivity index is 1.62. The van der Waals surface area contributed by atoms with Crippen LogP contribution in [-0.2, 0) is 14.3 Å². The molecule has 4 rings (SSSR count). The summed E-state index contributed by atoms with van der Waals surface area (Å²) in [6.07, 6.45) is 8.66. The Kier molecular flexibility index (Phi) is 4.53. The van der Waals surface area contributed by atoms with E-state index in [-0.39, 0.29) is 28.7 Å². The van der Waals surface area contributed by atoms with Crippen LogP contribution in [0.5, 0.6) is 0 Å². The number of ether oxygens (including phenoxy) is 1. The molecule has 0 amide bonds. The first-order chi connectivity index (χ1) is 12.3. The zero-order valence-corrected chi connectivity index (χ0v) is 17.0. The van der Waals surface area contributed by atoms with Crippen LogP contribution in [0.3, 0.4) is 0 Å². The van der Waals surface area contributed by atoms with Gasteiger partial charge in [-0.2, -0.15) is 0 Å². The molecule has 4 aliphatic rings. The number of hydrogen-bond acceptors (Lipinski definition) is 3. The molecule has 0 aliphatic heterocycles. The fourth-order valence-corrected chi connectivity index (χ4v) is 7.44. The van der Waals surface area contributed by atoms with Crippen LogP contribution < -0.4 is 0 Å². The molecule has 3 nitrogen and oxygen atoms in total. The first-order valence-electron chi connectivity index (χ1n) is 10.4. The maximum Gasteiger partial charge on any atom is 0.305 e. The second kappa shape index (κ2) is 6.36. The monoisotopic (exact) mass is 378 g/mol. The largest absolute Gasteiger partial charge is 0.462 e. The van der Waals surface area contributed by atoms with Gasteiger partial charge in [-0.05, 0) is 73.7 Å². The number of hydrogen-bond donors (Lipinski definition) is 0. The molecule has 0 radical (unpaired) electrons. The summed E-state index contributed by atoms with van der Waals surface area (Å²) in [5, 5.41) is 0.548. The molecule has 4 aliphatic carbocycles. The Morgan fingerprint density at radius 3 is 2.62 bits per heavy atom. The van der Waals surface area contributed by atoms with Crippen molar-refractivity contribution in [1.82, 2.24) is 0 Å². The first kappa shape index (κ1) is 18.5. The molecule has 3 saturated carbocycles. The molecule has 0 unspecified atom stereocenters. The normalized spacial score (nSPS) is 45.0.